The van der Waals surface area contributed by atoms with E-state index in [0.717, 1.165) is 10.7 Å². The lowest BCUT2D eigenvalue weighted by Crippen LogP contribution is -2.12. The Kier molecular flexibility index (Phi) is 4.33. The number of amides is 1. The van der Waals surface area contributed by atoms with E-state index in [1.165, 1.54) is 17.8 Å². The molecule has 0 aliphatic carbocycles. The second-order valence-electron chi connectivity index (χ2n) is 5.40. The fraction of sp³-hybridized carbons (Fsp3) is 0.267. The Bertz CT molecular complexity index is 1010. The van der Waals surface area contributed by atoms with Crippen LogP contribution < -0.4 is 5.32 Å². The summed E-state index contributed by atoms with van der Waals surface area (Å²) in [5.74, 6) is -0.352. The van der Waals surface area contributed by atoms with E-state index in [1.807, 2.05) is 6.07 Å². The van der Waals surface area contributed by atoms with Crippen molar-refractivity contribution in [3.05, 3.63) is 30.1 Å². The zero-order chi connectivity index (χ0) is 18.9. The van der Waals surface area contributed by atoms with Gasteiger partial charge in [0.1, 0.15) is 0 Å². The van der Waals surface area contributed by atoms with Crippen molar-refractivity contribution < 1.29 is 18.0 Å². The topological polar surface area (TPSA) is 101 Å². The van der Waals surface area contributed by atoms with Gasteiger partial charge in [-0.3, -0.25) is 14.8 Å². The molecule has 134 valence electrons. The fourth-order valence-corrected chi connectivity index (χ4v) is 2.32. The number of halogens is 3. The van der Waals surface area contributed by atoms with Gasteiger partial charge in [0.25, 0.3) is 0 Å². The number of nitrogens with zero attached hydrogens (tertiary/aromatic N) is 6. The molecule has 3 aromatic heterocycles. The second-order valence-corrected chi connectivity index (χ2v) is 5.40. The summed E-state index contributed by atoms with van der Waals surface area (Å²) >= 11 is 0. The number of aromatic nitrogens is 5. The van der Waals surface area contributed by atoms with Crippen LogP contribution in [-0.2, 0) is 18.0 Å². The van der Waals surface area contributed by atoms with Gasteiger partial charge < -0.3 is 0 Å². The van der Waals surface area contributed by atoms with Crippen LogP contribution in [0.15, 0.2) is 24.4 Å². The molecule has 0 aliphatic heterocycles. The van der Waals surface area contributed by atoms with E-state index in [1.54, 1.807) is 12.1 Å². The summed E-state index contributed by atoms with van der Waals surface area (Å²) in [5.41, 5.74) is 0.131. The zero-order valence-electron chi connectivity index (χ0n) is 13.4. The van der Waals surface area contributed by atoms with Crippen LogP contribution in [0, 0.1) is 11.3 Å². The Morgan fingerprint density at radius 2 is 2.12 bits per heavy atom. The summed E-state index contributed by atoms with van der Waals surface area (Å²) in [6, 6.07) is 5.96. The van der Waals surface area contributed by atoms with Crippen molar-refractivity contribution >= 4 is 17.5 Å². The maximum atomic E-state index is 12.8. The van der Waals surface area contributed by atoms with Gasteiger partial charge in [0.15, 0.2) is 11.3 Å². The van der Waals surface area contributed by atoms with Crippen molar-refractivity contribution in [2.45, 2.75) is 19.0 Å². The Morgan fingerprint density at radius 3 is 2.77 bits per heavy atom. The van der Waals surface area contributed by atoms with Gasteiger partial charge in [-0.1, -0.05) is 0 Å². The molecule has 3 rings (SSSR count). The number of carbonyl (C=O) groups is 1. The third-order valence-corrected chi connectivity index (χ3v) is 3.51. The molecule has 0 radical (unpaired) electrons. The molecule has 11 heteroatoms. The zero-order valence-corrected chi connectivity index (χ0v) is 13.4. The minimum Gasteiger partial charge on any atom is -0.293 e. The Morgan fingerprint density at radius 1 is 1.35 bits per heavy atom. The number of rotatable bonds is 4. The van der Waals surface area contributed by atoms with Crippen LogP contribution >= 0.6 is 0 Å². The van der Waals surface area contributed by atoms with Gasteiger partial charge in [0, 0.05) is 31.6 Å². The highest BCUT2D eigenvalue weighted by Crippen LogP contribution is 2.31. The van der Waals surface area contributed by atoms with E-state index < -0.39 is 17.8 Å². The van der Waals surface area contributed by atoms with Crippen molar-refractivity contribution in [2.24, 2.45) is 7.05 Å². The largest absolute Gasteiger partial charge is 0.435 e. The third kappa shape index (κ3) is 3.49. The number of pyridine rings is 1. The number of hydrogen-bond acceptors (Lipinski definition) is 5. The number of hydrogen-bond donors (Lipinski definition) is 1. The number of nitrogens with one attached hydrogen (secondary N) is 1. The van der Waals surface area contributed by atoms with Gasteiger partial charge in [-0.15, -0.1) is 5.10 Å². The number of alkyl halides is 3. The maximum Gasteiger partial charge on any atom is 0.435 e. The van der Waals surface area contributed by atoms with Gasteiger partial charge in [-0.25, -0.2) is 4.52 Å². The molecule has 8 nitrogen and oxygen atoms in total. The molecular formula is C15H12F3N7O. The van der Waals surface area contributed by atoms with Gasteiger partial charge >= 0.3 is 6.18 Å². The van der Waals surface area contributed by atoms with Crippen LogP contribution in [0.1, 0.15) is 18.5 Å². The van der Waals surface area contributed by atoms with Crippen LogP contribution in [0.5, 0.6) is 0 Å². The number of nitriles is 1. The third-order valence-electron chi connectivity index (χ3n) is 3.51. The molecule has 3 aromatic rings. The lowest BCUT2D eigenvalue weighted by Gasteiger charge is -2.01. The molecule has 0 aliphatic rings. The highest BCUT2D eigenvalue weighted by molar-refractivity contribution is 5.89. The summed E-state index contributed by atoms with van der Waals surface area (Å²) in [6.07, 6.45) is -2.95. The van der Waals surface area contributed by atoms with Gasteiger partial charge in [-0.05, 0) is 18.2 Å². The standard InChI is InChI=1S/C15H12F3N7O/c1-24-10(7-11(22-24)15(16,17)18)9-4-5-12-20-14(23-25(12)8-9)21-13(26)3-2-6-19/h4-5,7-8H,2-3H2,1H3,(H,21,23,26). The Balaban J connectivity index is 1.89. The predicted octanol–water partition coefficient (Wildman–Crippen LogP) is 2.39. The van der Waals surface area contributed by atoms with Gasteiger partial charge in [0.2, 0.25) is 11.9 Å². The lowest BCUT2D eigenvalue weighted by molar-refractivity contribution is -0.141. The highest BCUT2D eigenvalue weighted by atomic mass is 19.4. The molecule has 0 fully saturated rings. The summed E-state index contributed by atoms with van der Waals surface area (Å²) in [6.45, 7) is 0. The maximum absolute atomic E-state index is 12.8. The smallest absolute Gasteiger partial charge is 0.293 e. The molecule has 0 saturated heterocycles. The first-order valence-electron chi connectivity index (χ1n) is 7.43. The van der Waals surface area contributed by atoms with E-state index in [4.69, 9.17) is 5.26 Å². The van der Waals surface area contributed by atoms with Gasteiger partial charge in [0.05, 0.1) is 11.8 Å². The molecule has 3 heterocycles. The monoisotopic (exact) mass is 363 g/mol. The average Bonchev–Trinajstić information content (AvgIpc) is 3.14. The van der Waals surface area contributed by atoms with Crippen molar-refractivity contribution in [1.82, 2.24) is 24.4 Å². The van der Waals surface area contributed by atoms with Crippen LogP contribution in [0.3, 0.4) is 0 Å². The normalized spacial score (nSPS) is 11.5. The summed E-state index contributed by atoms with van der Waals surface area (Å²) in [4.78, 5) is 15.7. The number of aryl methyl sites for hydroxylation is 1. The van der Waals surface area contributed by atoms with Crippen molar-refractivity contribution in [1.29, 1.82) is 5.26 Å². The predicted molar refractivity (Wildman–Crippen MR) is 83.7 cm³/mol. The minimum atomic E-state index is -4.53. The average molecular weight is 363 g/mol. The van der Waals surface area contributed by atoms with E-state index in [0.29, 0.717) is 11.2 Å². The molecule has 0 unspecified atom stereocenters. The van der Waals surface area contributed by atoms with E-state index in [9.17, 15) is 18.0 Å². The molecule has 1 amide bonds. The first-order valence-corrected chi connectivity index (χ1v) is 7.43. The van der Waals surface area contributed by atoms with Crippen molar-refractivity contribution in [3.63, 3.8) is 0 Å². The summed E-state index contributed by atoms with van der Waals surface area (Å²) in [7, 11) is 1.41. The SMILES string of the molecule is Cn1nc(C(F)(F)F)cc1-c1ccc2nc(NC(=O)CCC#N)nn2c1. The fourth-order valence-electron chi connectivity index (χ4n) is 2.32. The number of carbonyl (C=O) groups excluding carboxylic acids is 1. The lowest BCUT2D eigenvalue weighted by atomic mass is 10.2. The Labute approximate surface area is 144 Å². The second kappa shape index (κ2) is 6.47. The van der Waals surface area contributed by atoms with Crippen molar-refractivity contribution in [2.75, 3.05) is 5.32 Å². The van der Waals surface area contributed by atoms with Crippen molar-refractivity contribution in [3.8, 4) is 17.3 Å². The van der Waals surface area contributed by atoms with E-state index >= 15 is 0 Å². The highest BCUT2D eigenvalue weighted by Gasteiger charge is 2.34. The number of anilines is 1. The molecule has 0 aromatic carbocycles. The van der Waals surface area contributed by atoms with Crippen LogP contribution in [0.2, 0.25) is 0 Å². The molecule has 1 N–H and O–H groups in total. The van der Waals surface area contributed by atoms with E-state index in [2.05, 4.69) is 20.5 Å². The van der Waals surface area contributed by atoms with Crippen LogP contribution in [0.25, 0.3) is 16.9 Å². The number of fused-ring (bicyclic) bond motifs is 1. The van der Waals surface area contributed by atoms with E-state index in [-0.39, 0.29) is 24.5 Å². The first-order chi connectivity index (χ1) is 12.3. The van der Waals surface area contributed by atoms with Crippen LogP contribution in [-0.4, -0.2) is 30.3 Å². The minimum absolute atomic E-state index is 0.0204. The molecule has 0 saturated carbocycles. The molecular weight excluding hydrogens is 351 g/mol. The molecule has 0 atom stereocenters. The quantitative estimate of drug-likeness (QED) is 0.767. The summed E-state index contributed by atoms with van der Waals surface area (Å²) < 4.78 is 40.9. The van der Waals surface area contributed by atoms with Crippen LogP contribution in [0.4, 0.5) is 19.1 Å². The molecule has 0 bridgehead atoms. The molecule has 0 spiro atoms. The first kappa shape index (κ1) is 17.4. The molecule has 26 heavy (non-hydrogen) atoms. The summed E-state index contributed by atoms with van der Waals surface area (Å²) in [5, 5.41) is 18.5. The van der Waals surface area contributed by atoms with Gasteiger partial charge in [-0.2, -0.15) is 28.5 Å². The Hall–Kier alpha value is -3.42.